The summed E-state index contributed by atoms with van der Waals surface area (Å²) in [6.45, 7) is 7.32. The van der Waals surface area contributed by atoms with Crippen molar-refractivity contribution in [3.8, 4) is 0 Å². The van der Waals surface area contributed by atoms with Crippen LogP contribution in [0.15, 0.2) is 0 Å². The van der Waals surface area contributed by atoms with E-state index in [-0.39, 0.29) is 6.54 Å². The fourth-order valence-electron chi connectivity index (χ4n) is 0.421. The highest BCUT2D eigenvalue weighted by atomic mass is 16.4. The molecule has 0 aromatic heterocycles. The molecule has 1 amide bonds. The molecule has 0 saturated heterocycles. The summed E-state index contributed by atoms with van der Waals surface area (Å²) in [6, 6.07) is -0.927. The highest BCUT2D eigenvalue weighted by molar-refractivity contribution is 5.85. The molecule has 0 heterocycles. The van der Waals surface area contributed by atoms with Crippen molar-refractivity contribution in [3.05, 3.63) is 11.4 Å². The van der Waals surface area contributed by atoms with Crippen LogP contribution in [-0.2, 0) is 9.59 Å². The van der Waals surface area contributed by atoms with Crippen LogP contribution in [0.3, 0.4) is 0 Å². The molecule has 0 aliphatic rings. The van der Waals surface area contributed by atoms with Gasteiger partial charge in [-0.2, -0.15) is 0 Å². The van der Waals surface area contributed by atoms with E-state index in [4.69, 9.17) is 11.7 Å². The van der Waals surface area contributed by atoms with E-state index in [9.17, 15) is 9.59 Å². The molecule has 0 aliphatic heterocycles. The van der Waals surface area contributed by atoms with Crippen molar-refractivity contribution < 1.29 is 14.7 Å². The lowest BCUT2D eigenvalue weighted by Crippen LogP contribution is -2.39. The molecule has 0 spiro atoms. The third-order valence-corrected chi connectivity index (χ3v) is 0.971. The first-order valence-corrected chi connectivity index (χ1v) is 2.93. The maximum Gasteiger partial charge on any atom is 0.325 e. The predicted molar refractivity (Wildman–Crippen MR) is 36.7 cm³/mol. The zero-order valence-corrected chi connectivity index (χ0v) is 6.00. The van der Waals surface area contributed by atoms with E-state index in [1.807, 2.05) is 0 Å². The van der Waals surface area contributed by atoms with E-state index in [1.165, 1.54) is 6.92 Å². The summed E-state index contributed by atoms with van der Waals surface area (Å²) in [5.41, 5.74) is 0. The van der Waals surface area contributed by atoms with Gasteiger partial charge in [-0.25, -0.2) is 6.57 Å². The third kappa shape index (κ3) is 3.92. The van der Waals surface area contributed by atoms with Gasteiger partial charge < -0.3 is 15.3 Å². The first-order valence-electron chi connectivity index (χ1n) is 2.93. The van der Waals surface area contributed by atoms with Crippen molar-refractivity contribution in [3.63, 3.8) is 0 Å². The van der Waals surface area contributed by atoms with Gasteiger partial charge in [-0.15, -0.1) is 0 Å². The van der Waals surface area contributed by atoms with Crippen molar-refractivity contribution in [2.75, 3.05) is 6.54 Å². The van der Waals surface area contributed by atoms with Crippen molar-refractivity contribution in [2.45, 2.75) is 13.0 Å². The molecule has 5 heteroatoms. The summed E-state index contributed by atoms with van der Waals surface area (Å²) in [5, 5.41) is 10.4. The van der Waals surface area contributed by atoms with Gasteiger partial charge in [-0.1, -0.05) is 0 Å². The summed E-state index contributed by atoms with van der Waals surface area (Å²) in [5.74, 6) is -1.67. The van der Waals surface area contributed by atoms with Gasteiger partial charge in [0.25, 0.3) is 6.54 Å². The molecule has 0 bridgehead atoms. The number of carbonyl (C=O) groups excluding carboxylic acids is 1. The Balaban J connectivity index is 3.77. The zero-order chi connectivity index (χ0) is 8.85. The summed E-state index contributed by atoms with van der Waals surface area (Å²) in [7, 11) is 0. The van der Waals surface area contributed by atoms with Gasteiger partial charge in [-0.05, 0) is 6.92 Å². The average Bonchev–Trinajstić information content (AvgIpc) is 1.87. The van der Waals surface area contributed by atoms with Crippen molar-refractivity contribution in [1.29, 1.82) is 0 Å². The molecule has 5 nitrogen and oxygen atoms in total. The molecule has 11 heavy (non-hydrogen) atoms. The minimum absolute atomic E-state index is 0.322. The van der Waals surface area contributed by atoms with Gasteiger partial charge in [0.1, 0.15) is 6.04 Å². The molecule has 1 unspecified atom stereocenters. The average molecular weight is 156 g/mol. The van der Waals surface area contributed by atoms with E-state index >= 15 is 0 Å². The fourth-order valence-corrected chi connectivity index (χ4v) is 0.421. The maximum absolute atomic E-state index is 10.6. The number of nitrogens with zero attached hydrogens (tertiary/aromatic N) is 1. The number of aliphatic carboxylic acids is 1. The number of carbonyl (C=O) groups is 2. The number of carboxylic acid groups (broad SMARTS) is 1. The molecule has 0 aromatic rings. The van der Waals surface area contributed by atoms with Crippen LogP contribution in [0, 0.1) is 6.57 Å². The van der Waals surface area contributed by atoms with Gasteiger partial charge in [0, 0.05) is 0 Å². The van der Waals surface area contributed by atoms with Crippen LogP contribution in [0.1, 0.15) is 6.92 Å². The summed E-state index contributed by atoms with van der Waals surface area (Å²) in [6.07, 6.45) is 0. The Morgan fingerprint density at radius 2 is 2.27 bits per heavy atom. The standard InChI is InChI=1S/C6H8N2O3/c1-4(6(10)11)8-5(9)3-7-2/h4H,3H2,1H3,(H,8,9)(H,10,11). The Kier molecular flexibility index (Phi) is 3.67. The Morgan fingerprint density at radius 3 is 2.64 bits per heavy atom. The SMILES string of the molecule is [C-]#[N+]CC(=O)NC(C)C(=O)O. The van der Waals surface area contributed by atoms with Crippen molar-refractivity contribution >= 4 is 11.9 Å². The number of hydrogen-bond donors (Lipinski definition) is 2. The minimum atomic E-state index is -1.11. The quantitative estimate of drug-likeness (QED) is 0.541. The molecule has 0 fully saturated rings. The lowest BCUT2D eigenvalue weighted by Gasteiger charge is -2.04. The van der Waals surface area contributed by atoms with Crippen LogP contribution in [-0.4, -0.2) is 29.6 Å². The van der Waals surface area contributed by atoms with Crippen LogP contribution in [0.2, 0.25) is 0 Å². The van der Waals surface area contributed by atoms with E-state index in [2.05, 4.69) is 10.2 Å². The topological polar surface area (TPSA) is 70.8 Å². The smallest absolute Gasteiger partial charge is 0.325 e. The summed E-state index contributed by atoms with van der Waals surface area (Å²) >= 11 is 0. The molecular formula is C6H8N2O3. The van der Waals surface area contributed by atoms with Gasteiger partial charge in [0.15, 0.2) is 0 Å². The Labute approximate surface area is 63.8 Å². The largest absolute Gasteiger partial charge is 0.480 e. The van der Waals surface area contributed by atoms with Crippen LogP contribution in [0.5, 0.6) is 0 Å². The number of nitrogens with one attached hydrogen (secondary N) is 1. The predicted octanol–water partition coefficient (Wildman–Crippen LogP) is -0.505. The zero-order valence-electron chi connectivity index (χ0n) is 6.00. The highest BCUT2D eigenvalue weighted by Gasteiger charge is 2.14. The van der Waals surface area contributed by atoms with Gasteiger partial charge in [0.05, 0.1) is 0 Å². The number of carboxylic acids is 1. The van der Waals surface area contributed by atoms with Crippen molar-refractivity contribution in [1.82, 2.24) is 5.32 Å². The molecule has 0 rings (SSSR count). The molecule has 0 saturated carbocycles. The van der Waals surface area contributed by atoms with E-state index in [0.717, 1.165) is 0 Å². The second-order valence-corrected chi connectivity index (χ2v) is 1.94. The fraction of sp³-hybridized carbons (Fsp3) is 0.500. The van der Waals surface area contributed by atoms with E-state index < -0.39 is 17.9 Å². The Morgan fingerprint density at radius 1 is 1.73 bits per heavy atom. The molecule has 1 atom stereocenters. The molecule has 60 valence electrons. The molecular weight excluding hydrogens is 148 g/mol. The summed E-state index contributed by atoms with van der Waals surface area (Å²) in [4.78, 5) is 23.5. The second-order valence-electron chi connectivity index (χ2n) is 1.94. The van der Waals surface area contributed by atoms with Crippen molar-refractivity contribution in [2.24, 2.45) is 0 Å². The first-order chi connectivity index (χ1) is 5.07. The third-order valence-electron chi connectivity index (χ3n) is 0.971. The van der Waals surface area contributed by atoms with Crippen LogP contribution in [0.4, 0.5) is 0 Å². The lowest BCUT2D eigenvalue weighted by atomic mass is 10.3. The number of amides is 1. The van der Waals surface area contributed by atoms with Crippen LogP contribution >= 0.6 is 0 Å². The van der Waals surface area contributed by atoms with E-state index in [0.29, 0.717) is 0 Å². The molecule has 0 aromatic carbocycles. The maximum atomic E-state index is 10.6. The molecule has 2 N–H and O–H groups in total. The Hall–Kier alpha value is -1.57. The van der Waals surface area contributed by atoms with Crippen LogP contribution < -0.4 is 5.32 Å². The molecule has 0 aliphatic carbocycles. The number of rotatable bonds is 3. The summed E-state index contributed by atoms with van der Waals surface area (Å²) < 4.78 is 0. The number of hydrogen-bond acceptors (Lipinski definition) is 2. The minimum Gasteiger partial charge on any atom is -0.480 e. The molecule has 0 radical (unpaired) electrons. The monoisotopic (exact) mass is 156 g/mol. The second kappa shape index (κ2) is 4.28. The highest BCUT2D eigenvalue weighted by Crippen LogP contribution is 1.81. The van der Waals surface area contributed by atoms with Gasteiger partial charge in [-0.3, -0.25) is 9.59 Å². The first kappa shape index (κ1) is 9.43. The normalized spacial score (nSPS) is 11.3. The van der Waals surface area contributed by atoms with Gasteiger partial charge in [0.2, 0.25) is 0 Å². The lowest BCUT2D eigenvalue weighted by molar-refractivity contribution is -0.141. The Bertz CT molecular complexity index is 206. The van der Waals surface area contributed by atoms with E-state index in [1.54, 1.807) is 0 Å². The van der Waals surface area contributed by atoms with Gasteiger partial charge >= 0.3 is 11.9 Å². The van der Waals surface area contributed by atoms with Crippen LogP contribution in [0.25, 0.3) is 4.85 Å².